The Labute approximate surface area is 189 Å². The molecule has 0 aromatic carbocycles. The van der Waals surface area contributed by atoms with Crippen molar-refractivity contribution in [3.05, 3.63) is 28.0 Å². The molecule has 1 saturated carbocycles. The molecule has 2 aliphatic rings. The quantitative estimate of drug-likeness (QED) is 0.402. The molecule has 9 heteroatoms. The number of ether oxygens (including phenoxy) is 2. The smallest absolute Gasteiger partial charge is 0.438 e. The summed E-state index contributed by atoms with van der Waals surface area (Å²) in [6.45, 7) is 10.3. The first-order valence-electron chi connectivity index (χ1n) is 11.4. The van der Waals surface area contributed by atoms with Gasteiger partial charge in [-0.25, -0.2) is 9.59 Å². The fourth-order valence-corrected chi connectivity index (χ4v) is 4.43. The number of carbonyl (C=O) groups is 1. The maximum Gasteiger partial charge on any atom is 0.438 e. The number of hydrogen-bond donors (Lipinski definition) is 3. The summed E-state index contributed by atoms with van der Waals surface area (Å²) in [6.07, 6.45) is 8.49. The van der Waals surface area contributed by atoms with Gasteiger partial charge in [0.1, 0.15) is 0 Å². The zero-order chi connectivity index (χ0) is 23.9. The zero-order valence-corrected chi connectivity index (χ0v) is 20.1. The third-order valence-electron chi connectivity index (χ3n) is 6.47. The van der Waals surface area contributed by atoms with Gasteiger partial charge < -0.3 is 19.9 Å². The monoisotopic (exact) mass is 453 g/mol. The van der Waals surface area contributed by atoms with Gasteiger partial charge in [-0.2, -0.15) is 0 Å². The van der Waals surface area contributed by atoms with E-state index in [2.05, 4.69) is 46.8 Å². The van der Waals surface area contributed by atoms with Gasteiger partial charge in [0.05, 0.1) is 17.8 Å². The Morgan fingerprint density at radius 3 is 2.59 bits per heavy atom. The summed E-state index contributed by atoms with van der Waals surface area (Å²) in [5.41, 5.74) is 1.46. The fourth-order valence-electron chi connectivity index (χ4n) is 4.43. The second-order valence-corrected chi connectivity index (χ2v) is 9.52. The minimum Gasteiger partial charge on any atom is -0.465 e. The molecule has 0 bridgehead atoms. The average Bonchev–Trinajstić information content (AvgIpc) is 3.23. The number of carboxylic acid groups (broad SMARTS) is 1. The normalized spacial score (nSPS) is 27.8. The Bertz CT molecular complexity index is 813. The number of allylic oxidation sites excluding steroid dienone is 1. The van der Waals surface area contributed by atoms with E-state index >= 15 is 0 Å². The average molecular weight is 454 g/mol. The molecule has 2 heterocycles. The molecule has 1 aromatic rings. The van der Waals surface area contributed by atoms with Crippen molar-refractivity contribution in [2.45, 2.75) is 97.0 Å². The van der Waals surface area contributed by atoms with E-state index in [0.717, 1.165) is 6.42 Å². The molecular weight excluding hydrogens is 414 g/mol. The molecule has 2 fully saturated rings. The number of hydrogen-bond acceptors (Lipinski definition) is 6. The number of nitrogens with zero attached hydrogens (tertiary/aromatic N) is 1. The van der Waals surface area contributed by atoms with Crippen molar-refractivity contribution < 1.29 is 23.9 Å². The Morgan fingerprint density at radius 1 is 1.38 bits per heavy atom. The number of aromatic amines is 1. The lowest BCUT2D eigenvalue weighted by molar-refractivity contribution is -0.00777. The molecule has 1 saturated heterocycles. The van der Waals surface area contributed by atoms with Crippen LogP contribution in [0.1, 0.15) is 72.5 Å². The summed E-state index contributed by atoms with van der Waals surface area (Å²) in [5, 5.41) is 14.4. The van der Waals surface area contributed by atoms with Crippen molar-refractivity contribution in [3.8, 4) is 0 Å². The standard InChI is InChI=1S/C15H26O2.C8H13N3O4/c1-11(2)9-10-14-15(3,17-14)12-7-5-6-8-13(12)16-4;1-4(2)5(9-7(12)13)3-6-10-8(14)15-11-6/h9,12-14H,5-8,10H2,1-4H3;4-5,9H,3H2,1-2H3,(H,12,13)(H,10,11,14). The van der Waals surface area contributed by atoms with Crippen LogP contribution in [0, 0.1) is 11.8 Å². The number of methoxy groups -OCH3 is 1. The molecule has 0 spiro atoms. The van der Waals surface area contributed by atoms with E-state index in [1.165, 1.54) is 31.3 Å². The number of epoxide rings is 1. The molecule has 1 aromatic heterocycles. The topological polar surface area (TPSA) is 130 Å². The molecular formula is C23H39N3O6. The summed E-state index contributed by atoms with van der Waals surface area (Å²) in [6, 6.07) is -0.303. The van der Waals surface area contributed by atoms with Crippen molar-refractivity contribution in [2.75, 3.05) is 7.11 Å². The van der Waals surface area contributed by atoms with Gasteiger partial charge in [0.15, 0.2) is 5.82 Å². The van der Waals surface area contributed by atoms with Crippen LogP contribution < -0.4 is 11.1 Å². The second-order valence-electron chi connectivity index (χ2n) is 9.52. The first-order chi connectivity index (χ1) is 15.1. The number of nitrogens with one attached hydrogen (secondary N) is 2. The van der Waals surface area contributed by atoms with Gasteiger partial charge in [0.25, 0.3) is 0 Å². The van der Waals surface area contributed by atoms with Crippen LogP contribution in [0.5, 0.6) is 0 Å². The van der Waals surface area contributed by atoms with Crippen LogP contribution in [-0.4, -0.2) is 52.3 Å². The van der Waals surface area contributed by atoms with Crippen molar-refractivity contribution in [1.29, 1.82) is 0 Å². The second kappa shape index (κ2) is 11.7. The highest BCUT2D eigenvalue weighted by atomic mass is 16.6. The number of H-pyrrole nitrogens is 1. The van der Waals surface area contributed by atoms with Gasteiger partial charge in [-0.15, -0.1) is 0 Å². The van der Waals surface area contributed by atoms with E-state index in [4.69, 9.17) is 14.6 Å². The highest BCUT2D eigenvalue weighted by molar-refractivity contribution is 5.64. The summed E-state index contributed by atoms with van der Waals surface area (Å²) in [5.74, 6) is 0.397. The van der Waals surface area contributed by atoms with E-state index in [-0.39, 0.29) is 17.6 Å². The molecule has 0 radical (unpaired) electrons. The number of amides is 1. The number of rotatable bonds is 8. The number of aromatic nitrogens is 2. The molecule has 1 amide bonds. The van der Waals surface area contributed by atoms with E-state index < -0.39 is 11.8 Å². The van der Waals surface area contributed by atoms with E-state index in [1.807, 2.05) is 21.0 Å². The lowest BCUT2D eigenvalue weighted by Crippen LogP contribution is -2.39. The molecule has 5 atom stereocenters. The lowest BCUT2D eigenvalue weighted by atomic mass is 9.76. The Balaban J connectivity index is 0.000000229. The highest BCUT2D eigenvalue weighted by Gasteiger charge is 2.58. The molecule has 1 aliphatic heterocycles. The minimum absolute atomic E-state index is 0.0764. The Kier molecular flexibility index (Phi) is 9.51. The summed E-state index contributed by atoms with van der Waals surface area (Å²) in [7, 11) is 1.85. The predicted octanol–water partition coefficient (Wildman–Crippen LogP) is 3.90. The third-order valence-corrected chi connectivity index (χ3v) is 6.47. The Morgan fingerprint density at radius 2 is 2.06 bits per heavy atom. The highest BCUT2D eigenvalue weighted by Crippen LogP contribution is 2.50. The van der Waals surface area contributed by atoms with Gasteiger partial charge >= 0.3 is 11.8 Å². The summed E-state index contributed by atoms with van der Waals surface area (Å²) >= 11 is 0. The predicted molar refractivity (Wildman–Crippen MR) is 121 cm³/mol. The zero-order valence-electron chi connectivity index (χ0n) is 20.1. The van der Waals surface area contributed by atoms with Crippen molar-refractivity contribution in [1.82, 2.24) is 15.5 Å². The van der Waals surface area contributed by atoms with Gasteiger partial charge in [0.2, 0.25) is 0 Å². The molecule has 1 aliphatic carbocycles. The lowest BCUT2D eigenvalue weighted by Gasteiger charge is -2.33. The van der Waals surface area contributed by atoms with Crippen LogP contribution in [0.4, 0.5) is 4.79 Å². The maximum atomic E-state index is 10.6. The van der Waals surface area contributed by atoms with Crippen LogP contribution in [0.3, 0.4) is 0 Å². The Hall–Kier alpha value is -2.13. The molecule has 5 unspecified atom stereocenters. The maximum absolute atomic E-state index is 10.6. The van der Waals surface area contributed by atoms with E-state index in [9.17, 15) is 9.59 Å². The van der Waals surface area contributed by atoms with Gasteiger partial charge in [-0.3, -0.25) is 9.51 Å². The van der Waals surface area contributed by atoms with E-state index in [1.54, 1.807) is 0 Å². The van der Waals surface area contributed by atoms with Crippen LogP contribution in [0.2, 0.25) is 0 Å². The fraction of sp³-hybridized carbons (Fsp3) is 0.783. The molecule has 32 heavy (non-hydrogen) atoms. The first kappa shape index (κ1) is 26.1. The van der Waals surface area contributed by atoms with Crippen molar-refractivity contribution >= 4 is 6.09 Å². The van der Waals surface area contributed by atoms with Crippen LogP contribution in [0.15, 0.2) is 21.0 Å². The summed E-state index contributed by atoms with van der Waals surface area (Å²) < 4.78 is 16.0. The first-order valence-corrected chi connectivity index (χ1v) is 11.4. The van der Waals surface area contributed by atoms with Crippen LogP contribution in [0.25, 0.3) is 0 Å². The molecule has 3 rings (SSSR count). The summed E-state index contributed by atoms with van der Waals surface area (Å²) in [4.78, 5) is 23.5. The van der Waals surface area contributed by atoms with E-state index in [0.29, 0.717) is 30.4 Å². The van der Waals surface area contributed by atoms with Gasteiger partial charge in [0, 0.05) is 25.5 Å². The van der Waals surface area contributed by atoms with Crippen LogP contribution in [-0.2, 0) is 15.9 Å². The SMILES string of the molecule is CC(C)C(Cc1noc(=O)[nH]1)NC(=O)O.COC1CCCCC1C1(C)OC1CC=C(C)C. The minimum atomic E-state index is -1.10. The van der Waals surface area contributed by atoms with Crippen LogP contribution >= 0.6 is 0 Å². The van der Waals surface area contributed by atoms with Gasteiger partial charge in [-0.05, 0) is 46.0 Å². The molecule has 182 valence electrons. The van der Waals surface area contributed by atoms with Crippen molar-refractivity contribution in [2.24, 2.45) is 11.8 Å². The third kappa shape index (κ3) is 7.48. The molecule has 3 N–H and O–H groups in total. The van der Waals surface area contributed by atoms with Gasteiger partial charge in [-0.1, -0.05) is 43.5 Å². The molecule has 9 nitrogen and oxygen atoms in total. The van der Waals surface area contributed by atoms with Crippen molar-refractivity contribution in [3.63, 3.8) is 0 Å². The largest absolute Gasteiger partial charge is 0.465 e.